The third-order valence-corrected chi connectivity index (χ3v) is 7.84. The monoisotopic (exact) mass is 418 g/mol. The normalized spacial score (nSPS) is 21.0. The number of sulfone groups is 1. The zero-order chi connectivity index (χ0) is 20.8. The molecule has 1 atom stereocenters. The number of rotatable bonds is 7. The number of unbranched alkanes of at least 4 members (excludes halogenated alkanes) is 1. The second kappa shape index (κ2) is 7.70. The van der Waals surface area contributed by atoms with Crippen molar-refractivity contribution < 1.29 is 13.2 Å². The van der Waals surface area contributed by atoms with Crippen molar-refractivity contribution in [2.24, 2.45) is 0 Å². The molecule has 8 heteroatoms. The number of carbonyl (C=O) groups is 1. The number of carbonyl (C=O) groups excluding carboxylic acids is 1. The number of aryl methyl sites for hydroxylation is 1. The molecule has 2 aromatic rings. The molecule has 2 fully saturated rings. The molecule has 29 heavy (non-hydrogen) atoms. The van der Waals surface area contributed by atoms with Crippen LogP contribution in [0.3, 0.4) is 0 Å². The third kappa shape index (κ3) is 3.91. The number of pyridine rings is 1. The zero-order valence-electron chi connectivity index (χ0n) is 17.5. The van der Waals surface area contributed by atoms with Gasteiger partial charge in [-0.05, 0) is 45.6 Å². The fourth-order valence-corrected chi connectivity index (χ4v) is 5.93. The summed E-state index contributed by atoms with van der Waals surface area (Å²) in [6.45, 7) is 7.42. The zero-order valence-corrected chi connectivity index (χ0v) is 18.3. The molecule has 0 N–H and O–H groups in total. The molecule has 2 aliphatic rings. The van der Waals surface area contributed by atoms with Crippen molar-refractivity contribution in [3.05, 3.63) is 23.0 Å². The van der Waals surface area contributed by atoms with Crippen LogP contribution in [-0.4, -0.2) is 58.6 Å². The summed E-state index contributed by atoms with van der Waals surface area (Å²) in [5.41, 5.74) is 3.02. The van der Waals surface area contributed by atoms with Crippen LogP contribution in [0.1, 0.15) is 79.7 Å². The lowest BCUT2D eigenvalue weighted by atomic mass is 10.1. The summed E-state index contributed by atoms with van der Waals surface area (Å²) in [6.07, 6.45) is 4.74. The fraction of sp³-hybridized carbons (Fsp3) is 0.667. The average Bonchev–Trinajstić information content (AvgIpc) is 3.41. The first kappa shape index (κ1) is 20.3. The maximum absolute atomic E-state index is 13.4. The average molecular weight is 419 g/mol. The van der Waals surface area contributed by atoms with Crippen LogP contribution in [0.2, 0.25) is 0 Å². The van der Waals surface area contributed by atoms with E-state index in [0.717, 1.165) is 49.0 Å². The molecule has 1 saturated carbocycles. The molecule has 1 saturated heterocycles. The van der Waals surface area contributed by atoms with Crippen LogP contribution in [0.4, 0.5) is 0 Å². The van der Waals surface area contributed by atoms with Crippen molar-refractivity contribution in [3.8, 4) is 0 Å². The Morgan fingerprint density at radius 1 is 1.28 bits per heavy atom. The van der Waals surface area contributed by atoms with Crippen molar-refractivity contribution >= 4 is 26.8 Å². The van der Waals surface area contributed by atoms with Gasteiger partial charge < -0.3 is 4.90 Å². The first-order valence-electron chi connectivity index (χ1n) is 10.7. The quantitative estimate of drug-likeness (QED) is 0.689. The van der Waals surface area contributed by atoms with Crippen LogP contribution in [0, 0.1) is 6.92 Å². The van der Waals surface area contributed by atoms with Crippen molar-refractivity contribution in [3.63, 3.8) is 0 Å². The molecule has 0 bridgehead atoms. The number of hydrogen-bond donors (Lipinski definition) is 0. The van der Waals surface area contributed by atoms with E-state index < -0.39 is 9.84 Å². The highest BCUT2D eigenvalue weighted by atomic mass is 32.2. The van der Waals surface area contributed by atoms with E-state index in [1.165, 1.54) is 0 Å². The summed E-state index contributed by atoms with van der Waals surface area (Å²) >= 11 is 0. The second-order valence-corrected chi connectivity index (χ2v) is 10.6. The van der Waals surface area contributed by atoms with E-state index in [1.807, 2.05) is 24.8 Å². The molecule has 1 amide bonds. The molecule has 0 aromatic carbocycles. The van der Waals surface area contributed by atoms with Crippen LogP contribution < -0.4 is 0 Å². The highest BCUT2D eigenvalue weighted by molar-refractivity contribution is 7.91. The third-order valence-electron chi connectivity index (χ3n) is 6.09. The van der Waals surface area contributed by atoms with E-state index >= 15 is 0 Å². The molecule has 0 radical (unpaired) electrons. The van der Waals surface area contributed by atoms with Gasteiger partial charge in [0.1, 0.15) is 0 Å². The Bertz CT molecular complexity index is 1040. The molecule has 7 nitrogen and oxygen atoms in total. The van der Waals surface area contributed by atoms with E-state index in [2.05, 4.69) is 12.0 Å². The Hall–Kier alpha value is -1.96. The minimum absolute atomic E-state index is 0.0249. The summed E-state index contributed by atoms with van der Waals surface area (Å²) in [4.78, 5) is 20.2. The Kier molecular flexibility index (Phi) is 5.40. The first-order chi connectivity index (χ1) is 13.8. The van der Waals surface area contributed by atoms with Gasteiger partial charge in [-0.1, -0.05) is 13.3 Å². The topological polar surface area (TPSA) is 85.2 Å². The van der Waals surface area contributed by atoms with Gasteiger partial charge in [0.15, 0.2) is 15.5 Å². The highest BCUT2D eigenvalue weighted by Gasteiger charge is 2.34. The van der Waals surface area contributed by atoms with Gasteiger partial charge in [-0.3, -0.25) is 4.79 Å². The summed E-state index contributed by atoms with van der Waals surface area (Å²) in [5.74, 6) is 0.705. The molecule has 158 valence electrons. The molecule has 0 spiro atoms. The van der Waals surface area contributed by atoms with E-state index in [0.29, 0.717) is 30.1 Å². The molecular formula is C21H30N4O3S. The maximum atomic E-state index is 13.4. The second-order valence-electron chi connectivity index (χ2n) is 8.39. The van der Waals surface area contributed by atoms with Crippen molar-refractivity contribution in [2.75, 3.05) is 24.6 Å². The predicted molar refractivity (Wildman–Crippen MR) is 113 cm³/mol. The smallest absolute Gasteiger partial charge is 0.254 e. The van der Waals surface area contributed by atoms with Gasteiger partial charge in [-0.25, -0.2) is 18.1 Å². The fourth-order valence-electron chi connectivity index (χ4n) is 4.23. The molecule has 3 heterocycles. The van der Waals surface area contributed by atoms with Gasteiger partial charge in [0.25, 0.3) is 5.91 Å². The van der Waals surface area contributed by atoms with E-state index in [4.69, 9.17) is 4.98 Å². The van der Waals surface area contributed by atoms with Crippen molar-refractivity contribution in [1.82, 2.24) is 19.7 Å². The lowest BCUT2D eigenvalue weighted by molar-refractivity contribution is 0.0764. The largest absolute Gasteiger partial charge is 0.339 e. The number of amides is 1. The number of hydrogen-bond acceptors (Lipinski definition) is 5. The summed E-state index contributed by atoms with van der Waals surface area (Å²) in [5, 5.41) is 5.44. The van der Waals surface area contributed by atoms with Gasteiger partial charge in [-0.15, -0.1) is 0 Å². The van der Waals surface area contributed by atoms with Crippen LogP contribution in [0.25, 0.3) is 11.0 Å². The molecule has 4 rings (SSSR count). The first-order valence-corrected chi connectivity index (χ1v) is 12.6. The minimum atomic E-state index is -3.04. The lowest BCUT2D eigenvalue weighted by Crippen LogP contribution is -2.32. The Labute approximate surface area is 172 Å². The SMILES string of the molecule is CCCCN(CC)C(=O)c1cc(C2CC2)nc2c1c(C)nn2C1CCS(=O)(=O)C1. The van der Waals surface area contributed by atoms with E-state index in [-0.39, 0.29) is 23.5 Å². The highest BCUT2D eigenvalue weighted by Crippen LogP contribution is 2.41. The van der Waals surface area contributed by atoms with Gasteiger partial charge in [0.05, 0.1) is 34.2 Å². The van der Waals surface area contributed by atoms with Crippen LogP contribution in [0.15, 0.2) is 6.07 Å². The Morgan fingerprint density at radius 2 is 2.03 bits per heavy atom. The molecule has 1 aliphatic heterocycles. The van der Waals surface area contributed by atoms with E-state index in [1.54, 1.807) is 4.68 Å². The number of fused-ring (bicyclic) bond motifs is 1. The van der Waals surface area contributed by atoms with E-state index in [9.17, 15) is 13.2 Å². The standard InChI is InChI=1S/C21H30N4O3S/c1-4-6-10-24(5-2)21(26)17-12-18(15-7-8-15)22-20-19(17)14(3)23-25(20)16-9-11-29(27,28)13-16/h12,15-16H,4-11,13H2,1-3H3. The van der Waals surface area contributed by atoms with Gasteiger partial charge in [0, 0.05) is 24.7 Å². The molecule has 2 aromatic heterocycles. The van der Waals surface area contributed by atoms with Gasteiger partial charge in [0.2, 0.25) is 0 Å². The Morgan fingerprint density at radius 3 is 2.62 bits per heavy atom. The van der Waals surface area contributed by atoms with Crippen LogP contribution in [-0.2, 0) is 9.84 Å². The lowest BCUT2D eigenvalue weighted by Gasteiger charge is -2.21. The summed E-state index contributed by atoms with van der Waals surface area (Å²) < 4.78 is 25.8. The summed E-state index contributed by atoms with van der Waals surface area (Å²) in [7, 11) is -3.04. The van der Waals surface area contributed by atoms with Gasteiger partial charge >= 0.3 is 0 Å². The molecular weight excluding hydrogens is 388 g/mol. The van der Waals surface area contributed by atoms with Crippen LogP contribution in [0.5, 0.6) is 0 Å². The summed E-state index contributed by atoms with van der Waals surface area (Å²) in [6, 6.07) is 1.75. The van der Waals surface area contributed by atoms with Gasteiger partial charge in [-0.2, -0.15) is 5.10 Å². The van der Waals surface area contributed by atoms with Crippen molar-refractivity contribution in [2.45, 2.75) is 64.8 Å². The Balaban J connectivity index is 1.83. The number of aromatic nitrogens is 3. The van der Waals surface area contributed by atoms with Crippen molar-refractivity contribution in [1.29, 1.82) is 0 Å². The molecule has 1 unspecified atom stereocenters. The number of nitrogens with zero attached hydrogens (tertiary/aromatic N) is 4. The predicted octanol–water partition coefficient (Wildman–Crippen LogP) is 3.24. The molecule has 1 aliphatic carbocycles. The van der Waals surface area contributed by atoms with Crippen LogP contribution >= 0.6 is 0 Å². The maximum Gasteiger partial charge on any atom is 0.254 e. The minimum Gasteiger partial charge on any atom is -0.339 e.